The number of fused-ring (bicyclic) bond motifs is 4. The third-order valence-corrected chi connectivity index (χ3v) is 6.99. The van der Waals surface area contributed by atoms with E-state index in [1.807, 2.05) is 0 Å². The predicted octanol–water partition coefficient (Wildman–Crippen LogP) is 4.29. The SMILES string of the molecule is CC1C=c2ccccc2=c2ccc3c(c21)C(C(=O)C1(C)CCC1)CCC=3. The van der Waals surface area contributed by atoms with Crippen molar-refractivity contribution < 1.29 is 4.79 Å². The van der Waals surface area contributed by atoms with Crippen LogP contribution in [0.15, 0.2) is 36.4 Å². The molecule has 0 radical (unpaired) electrons. The number of benzene rings is 2. The van der Waals surface area contributed by atoms with Gasteiger partial charge in [0.15, 0.2) is 0 Å². The first kappa shape index (κ1) is 16.1. The van der Waals surface area contributed by atoms with Gasteiger partial charge in [0.1, 0.15) is 5.78 Å². The quantitative estimate of drug-likeness (QED) is 0.796. The normalized spacial score (nSPS) is 24.8. The third kappa shape index (κ3) is 2.19. The van der Waals surface area contributed by atoms with Crippen LogP contribution >= 0.6 is 0 Å². The van der Waals surface area contributed by atoms with Gasteiger partial charge in [-0.15, -0.1) is 0 Å². The Labute approximate surface area is 154 Å². The molecule has 26 heavy (non-hydrogen) atoms. The predicted molar refractivity (Wildman–Crippen MR) is 106 cm³/mol. The molecule has 0 aromatic heterocycles. The van der Waals surface area contributed by atoms with E-state index in [-0.39, 0.29) is 11.3 Å². The summed E-state index contributed by atoms with van der Waals surface area (Å²) in [5.74, 6) is 0.930. The fourth-order valence-corrected chi connectivity index (χ4v) is 5.37. The van der Waals surface area contributed by atoms with Gasteiger partial charge in [-0.2, -0.15) is 0 Å². The molecule has 0 heterocycles. The Balaban J connectivity index is 1.82. The summed E-state index contributed by atoms with van der Waals surface area (Å²) < 4.78 is 0. The molecular formula is C25H26O. The number of ketones is 1. The highest BCUT2D eigenvalue weighted by Gasteiger charge is 2.43. The molecule has 1 saturated carbocycles. The molecule has 1 nitrogen and oxygen atoms in total. The summed E-state index contributed by atoms with van der Waals surface area (Å²) >= 11 is 0. The van der Waals surface area contributed by atoms with Gasteiger partial charge in [0.2, 0.25) is 0 Å². The van der Waals surface area contributed by atoms with E-state index >= 15 is 0 Å². The van der Waals surface area contributed by atoms with Crippen molar-refractivity contribution in [2.24, 2.45) is 5.41 Å². The second-order valence-electron chi connectivity index (χ2n) is 8.68. The molecule has 132 valence electrons. The molecule has 0 bridgehead atoms. The van der Waals surface area contributed by atoms with Crippen molar-refractivity contribution in [3.8, 4) is 0 Å². The summed E-state index contributed by atoms with van der Waals surface area (Å²) in [6.45, 7) is 4.48. The Hall–Kier alpha value is -2.15. The van der Waals surface area contributed by atoms with Crippen LogP contribution in [-0.2, 0) is 4.79 Å². The van der Waals surface area contributed by atoms with E-state index in [0.29, 0.717) is 11.7 Å². The standard InChI is InChI=1S/C25H26O/c1-16-15-18-7-3-4-9-19(18)20-12-11-17-8-5-10-21(23(17)22(16)20)24(26)25(2)13-6-14-25/h3-4,7-9,11-12,15-16,21H,5-6,10,13-14H2,1-2H3. The minimum absolute atomic E-state index is 0.0800. The highest BCUT2D eigenvalue weighted by molar-refractivity contribution is 5.92. The molecule has 1 heteroatoms. The lowest BCUT2D eigenvalue weighted by Crippen LogP contribution is -2.41. The number of hydrogen-bond acceptors (Lipinski definition) is 1. The van der Waals surface area contributed by atoms with Crippen molar-refractivity contribution in [2.75, 3.05) is 0 Å². The van der Waals surface area contributed by atoms with Crippen LogP contribution in [-0.4, -0.2) is 5.78 Å². The fourth-order valence-electron chi connectivity index (χ4n) is 5.37. The van der Waals surface area contributed by atoms with Gasteiger partial charge in [0, 0.05) is 17.3 Å². The van der Waals surface area contributed by atoms with E-state index in [4.69, 9.17) is 0 Å². The Morgan fingerprint density at radius 1 is 1.00 bits per heavy atom. The van der Waals surface area contributed by atoms with Gasteiger partial charge >= 0.3 is 0 Å². The number of carbonyl (C=O) groups is 1. The van der Waals surface area contributed by atoms with Crippen molar-refractivity contribution >= 4 is 17.9 Å². The minimum Gasteiger partial charge on any atom is -0.298 e. The molecule has 0 spiro atoms. The summed E-state index contributed by atoms with van der Waals surface area (Å²) in [6.07, 6.45) is 10.1. The van der Waals surface area contributed by atoms with E-state index in [1.165, 1.54) is 38.4 Å². The Morgan fingerprint density at radius 3 is 2.58 bits per heavy atom. The molecule has 2 atom stereocenters. The van der Waals surface area contributed by atoms with Gasteiger partial charge < -0.3 is 0 Å². The molecule has 2 unspecified atom stereocenters. The summed E-state index contributed by atoms with van der Waals surface area (Å²) in [5.41, 5.74) is 2.66. The molecule has 0 saturated heterocycles. The Bertz CT molecular complexity index is 1120. The van der Waals surface area contributed by atoms with Crippen LogP contribution in [0.5, 0.6) is 0 Å². The van der Waals surface area contributed by atoms with E-state index < -0.39 is 0 Å². The van der Waals surface area contributed by atoms with Crippen LogP contribution < -0.4 is 10.4 Å². The lowest BCUT2D eigenvalue weighted by atomic mass is 9.62. The van der Waals surface area contributed by atoms with Crippen LogP contribution in [0, 0.1) is 15.9 Å². The first-order chi connectivity index (χ1) is 12.6. The lowest BCUT2D eigenvalue weighted by Gasteiger charge is -2.40. The molecule has 2 aromatic carbocycles. The average molecular weight is 342 g/mol. The van der Waals surface area contributed by atoms with Crippen molar-refractivity contribution in [3.63, 3.8) is 0 Å². The van der Waals surface area contributed by atoms with Gasteiger partial charge in [0.25, 0.3) is 0 Å². The van der Waals surface area contributed by atoms with Crippen molar-refractivity contribution in [1.29, 1.82) is 0 Å². The zero-order valence-electron chi connectivity index (χ0n) is 15.7. The van der Waals surface area contributed by atoms with E-state index in [0.717, 1.165) is 25.7 Å². The zero-order valence-corrected chi connectivity index (χ0v) is 15.7. The number of rotatable bonds is 2. The van der Waals surface area contributed by atoms with Gasteiger partial charge in [0.05, 0.1) is 0 Å². The molecule has 0 aliphatic heterocycles. The smallest absolute Gasteiger partial charge is 0.146 e. The van der Waals surface area contributed by atoms with Crippen molar-refractivity contribution in [3.05, 3.63) is 68.4 Å². The largest absolute Gasteiger partial charge is 0.298 e. The Morgan fingerprint density at radius 2 is 1.81 bits per heavy atom. The van der Waals surface area contributed by atoms with E-state index in [9.17, 15) is 4.79 Å². The van der Waals surface area contributed by atoms with Gasteiger partial charge in [-0.1, -0.05) is 68.8 Å². The van der Waals surface area contributed by atoms with Crippen LogP contribution in [0.4, 0.5) is 0 Å². The lowest BCUT2D eigenvalue weighted by molar-refractivity contribution is -0.134. The summed E-state index contributed by atoms with van der Waals surface area (Å²) in [5, 5.41) is 5.27. The van der Waals surface area contributed by atoms with Crippen molar-refractivity contribution in [2.45, 2.75) is 57.8 Å². The first-order valence-corrected chi connectivity index (χ1v) is 10.1. The van der Waals surface area contributed by atoms with E-state index in [1.54, 1.807) is 0 Å². The minimum atomic E-state index is -0.0818. The molecule has 1 fully saturated rings. The second kappa shape index (κ2) is 5.67. The Kier molecular flexibility index (Phi) is 3.50. The van der Waals surface area contributed by atoms with Crippen molar-refractivity contribution in [1.82, 2.24) is 0 Å². The molecule has 0 amide bonds. The summed E-state index contributed by atoms with van der Waals surface area (Å²) in [7, 11) is 0. The van der Waals surface area contributed by atoms with Gasteiger partial charge in [-0.3, -0.25) is 4.79 Å². The summed E-state index contributed by atoms with van der Waals surface area (Å²) in [4.78, 5) is 13.5. The molecule has 2 aromatic rings. The van der Waals surface area contributed by atoms with Gasteiger partial charge in [-0.05, 0) is 57.7 Å². The first-order valence-electron chi connectivity index (χ1n) is 10.1. The van der Waals surface area contributed by atoms with E-state index in [2.05, 4.69) is 62.4 Å². The van der Waals surface area contributed by atoms with Crippen LogP contribution in [0.2, 0.25) is 0 Å². The number of Topliss-reactive ketones (excluding diaryl/α,β-unsaturated/α-hetero) is 1. The van der Waals surface area contributed by atoms with Gasteiger partial charge in [-0.25, -0.2) is 0 Å². The maximum Gasteiger partial charge on any atom is 0.146 e. The zero-order chi connectivity index (χ0) is 17.9. The number of hydrogen-bond donors (Lipinski definition) is 0. The fraction of sp³-hybridized carbons (Fsp3) is 0.400. The van der Waals surface area contributed by atoms with Crippen LogP contribution in [0.1, 0.15) is 68.9 Å². The molecule has 5 rings (SSSR count). The molecule has 0 N–H and O–H groups in total. The third-order valence-electron chi connectivity index (χ3n) is 6.99. The molecule has 3 aliphatic rings. The molecule has 3 aliphatic carbocycles. The maximum atomic E-state index is 13.5. The second-order valence-corrected chi connectivity index (χ2v) is 8.68. The monoisotopic (exact) mass is 342 g/mol. The summed E-state index contributed by atoms with van der Waals surface area (Å²) in [6, 6.07) is 13.2. The maximum absolute atomic E-state index is 13.5. The van der Waals surface area contributed by atoms with Crippen LogP contribution in [0.25, 0.3) is 12.2 Å². The highest BCUT2D eigenvalue weighted by atomic mass is 16.1. The molecular weight excluding hydrogens is 316 g/mol. The topological polar surface area (TPSA) is 17.1 Å². The average Bonchev–Trinajstić information content (AvgIpc) is 2.64. The highest BCUT2D eigenvalue weighted by Crippen LogP contribution is 2.46. The number of carbonyl (C=O) groups excluding carboxylic acids is 1. The van der Waals surface area contributed by atoms with Crippen LogP contribution in [0.3, 0.4) is 0 Å².